The van der Waals surface area contributed by atoms with Crippen LogP contribution in [0.2, 0.25) is 0 Å². The number of aromatic nitrogens is 1. The van der Waals surface area contributed by atoms with E-state index in [1.54, 1.807) is 7.17 Å². The number of hydrogen-bond acceptors (Lipinski definition) is 0. The SMILES string of the molecule is [B][B]c1ccc(-n2c3ccccc3c3ccccc32)cc1. The molecule has 0 saturated heterocycles. The second kappa shape index (κ2) is 4.85. The molecule has 0 fully saturated rings. The van der Waals surface area contributed by atoms with Crippen molar-refractivity contribution in [3.05, 3.63) is 72.8 Å². The van der Waals surface area contributed by atoms with E-state index in [4.69, 9.17) is 7.74 Å². The number of hydrogen-bond donors (Lipinski definition) is 0. The minimum Gasteiger partial charge on any atom is -0.309 e. The third kappa shape index (κ3) is 1.89. The monoisotopic (exact) mass is 264 g/mol. The predicted octanol–water partition coefficient (Wildman–Crippen LogP) is 3.20. The topological polar surface area (TPSA) is 4.93 Å². The van der Waals surface area contributed by atoms with Crippen LogP contribution in [0.15, 0.2) is 72.8 Å². The van der Waals surface area contributed by atoms with E-state index >= 15 is 0 Å². The molecule has 0 N–H and O–H groups in total. The van der Waals surface area contributed by atoms with Gasteiger partial charge in [-0.1, -0.05) is 54.0 Å². The van der Waals surface area contributed by atoms with E-state index in [0.717, 1.165) is 11.2 Å². The number of benzene rings is 3. The van der Waals surface area contributed by atoms with Gasteiger partial charge in [-0.05, 0) is 24.3 Å². The van der Waals surface area contributed by atoms with Gasteiger partial charge in [-0.3, -0.25) is 0 Å². The van der Waals surface area contributed by atoms with Gasteiger partial charge in [0.25, 0.3) is 0 Å². The number of para-hydroxylation sites is 2. The number of fused-ring (bicyclic) bond motifs is 3. The lowest BCUT2D eigenvalue weighted by atomic mass is 9.51. The molecule has 4 aromatic rings. The summed E-state index contributed by atoms with van der Waals surface area (Å²) in [5, 5.41) is 2.56. The molecule has 0 spiro atoms. The first-order valence-corrected chi connectivity index (χ1v) is 7.02. The zero-order valence-corrected chi connectivity index (χ0v) is 11.5. The minimum absolute atomic E-state index is 1.03. The molecule has 21 heavy (non-hydrogen) atoms. The molecule has 95 valence electrons. The molecule has 0 aliphatic carbocycles. The van der Waals surface area contributed by atoms with Gasteiger partial charge in [-0.25, -0.2) is 0 Å². The van der Waals surface area contributed by atoms with Gasteiger partial charge in [0, 0.05) is 24.2 Å². The number of nitrogens with zero attached hydrogens (tertiary/aromatic N) is 1. The molecule has 1 heterocycles. The summed E-state index contributed by atoms with van der Waals surface area (Å²) in [4.78, 5) is 0. The summed E-state index contributed by atoms with van der Waals surface area (Å²) in [7, 11) is 7.19. The maximum absolute atomic E-state index is 5.57. The molecule has 1 nitrogen and oxygen atoms in total. The minimum atomic E-state index is 1.03. The van der Waals surface area contributed by atoms with Gasteiger partial charge in [0.05, 0.1) is 18.2 Å². The Hall–Kier alpha value is -2.41. The third-order valence-corrected chi connectivity index (χ3v) is 3.92. The molecular formula is C18H12B2N. The summed E-state index contributed by atoms with van der Waals surface area (Å²) in [6.45, 7) is 0. The highest BCUT2D eigenvalue weighted by atomic mass is 15.0. The van der Waals surface area contributed by atoms with Crippen molar-refractivity contribution in [3.8, 4) is 5.69 Å². The maximum atomic E-state index is 5.57. The molecule has 0 atom stereocenters. The first kappa shape index (κ1) is 12.3. The van der Waals surface area contributed by atoms with Gasteiger partial charge in [-0.15, -0.1) is 0 Å². The van der Waals surface area contributed by atoms with E-state index in [1.807, 2.05) is 12.1 Å². The quantitative estimate of drug-likeness (QED) is 0.490. The van der Waals surface area contributed by atoms with Crippen molar-refractivity contribution in [1.82, 2.24) is 4.57 Å². The Morgan fingerprint density at radius 1 is 0.667 bits per heavy atom. The zero-order valence-electron chi connectivity index (χ0n) is 11.5. The van der Waals surface area contributed by atoms with E-state index in [1.165, 1.54) is 21.8 Å². The summed E-state index contributed by atoms with van der Waals surface area (Å²) < 4.78 is 2.30. The Morgan fingerprint density at radius 2 is 1.19 bits per heavy atom. The lowest BCUT2D eigenvalue weighted by Crippen LogP contribution is -2.13. The van der Waals surface area contributed by atoms with Crippen LogP contribution in [0.1, 0.15) is 0 Å². The van der Waals surface area contributed by atoms with Crippen LogP contribution in [0.5, 0.6) is 0 Å². The van der Waals surface area contributed by atoms with Crippen LogP contribution >= 0.6 is 0 Å². The molecule has 0 saturated carbocycles. The van der Waals surface area contributed by atoms with Gasteiger partial charge in [0.1, 0.15) is 0 Å². The lowest BCUT2D eigenvalue weighted by Gasteiger charge is -2.08. The van der Waals surface area contributed by atoms with Crippen LogP contribution < -0.4 is 5.46 Å². The molecular weight excluding hydrogens is 252 g/mol. The van der Waals surface area contributed by atoms with Gasteiger partial charge in [-0.2, -0.15) is 0 Å². The van der Waals surface area contributed by atoms with Crippen molar-refractivity contribution in [2.24, 2.45) is 0 Å². The molecule has 3 heteroatoms. The van der Waals surface area contributed by atoms with E-state index in [0.29, 0.717) is 0 Å². The highest BCUT2D eigenvalue weighted by Gasteiger charge is 2.10. The molecule has 0 aliphatic rings. The zero-order chi connectivity index (χ0) is 14.2. The average Bonchev–Trinajstić information content (AvgIpc) is 2.90. The third-order valence-electron chi connectivity index (χ3n) is 3.92. The molecule has 1 aromatic heterocycles. The molecule has 0 bridgehead atoms. The van der Waals surface area contributed by atoms with Crippen molar-refractivity contribution >= 4 is 42.2 Å². The van der Waals surface area contributed by atoms with E-state index < -0.39 is 0 Å². The summed E-state index contributed by atoms with van der Waals surface area (Å²) in [6.07, 6.45) is 0. The highest BCUT2D eigenvalue weighted by Crippen LogP contribution is 2.31. The van der Waals surface area contributed by atoms with Gasteiger partial charge < -0.3 is 4.57 Å². The van der Waals surface area contributed by atoms with Crippen LogP contribution in [0, 0.1) is 0 Å². The van der Waals surface area contributed by atoms with E-state index in [-0.39, 0.29) is 0 Å². The van der Waals surface area contributed by atoms with Crippen LogP contribution in [0.25, 0.3) is 27.5 Å². The van der Waals surface area contributed by atoms with Gasteiger partial charge >= 0.3 is 0 Å². The maximum Gasteiger partial charge on any atom is 0.0956 e. The molecule has 4 rings (SSSR count). The van der Waals surface area contributed by atoms with Crippen LogP contribution in [-0.2, 0) is 0 Å². The Labute approximate surface area is 125 Å². The van der Waals surface area contributed by atoms with Crippen LogP contribution in [0.4, 0.5) is 0 Å². The summed E-state index contributed by atoms with van der Waals surface area (Å²) in [6, 6.07) is 25.3. The van der Waals surface area contributed by atoms with Crippen LogP contribution in [0.3, 0.4) is 0 Å². The highest BCUT2D eigenvalue weighted by molar-refractivity contribution is 6.97. The molecule has 3 radical (unpaired) electrons. The smallest absolute Gasteiger partial charge is 0.0956 e. The van der Waals surface area contributed by atoms with Gasteiger partial charge in [0.2, 0.25) is 0 Å². The van der Waals surface area contributed by atoms with Crippen molar-refractivity contribution in [1.29, 1.82) is 0 Å². The standard InChI is InChI=1S/C18H12B2N/c19-20-13-9-11-14(12-10-13)21-17-7-3-1-5-15(17)16-6-2-4-8-18(16)21/h1-12H. The van der Waals surface area contributed by atoms with Crippen molar-refractivity contribution in [2.45, 2.75) is 0 Å². The fourth-order valence-corrected chi connectivity index (χ4v) is 2.94. The average molecular weight is 264 g/mol. The summed E-state index contributed by atoms with van der Waals surface area (Å²) >= 11 is 0. The molecule has 3 aromatic carbocycles. The van der Waals surface area contributed by atoms with Crippen LogP contribution in [-0.4, -0.2) is 19.5 Å². The fourth-order valence-electron chi connectivity index (χ4n) is 2.94. The Morgan fingerprint density at radius 3 is 1.71 bits per heavy atom. The van der Waals surface area contributed by atoms with Crippen molar-refractivity contribution in [2.75, 3.05) is 0 Å². The first-order valence-electron chi connectivity index (χ1n) is 7.02. The second-order valence-corrected chi connectivity index (χ2v) is 5.13. The van der Waals surface area contributed by atoms with E-state index in [2.05, 4.69) is 65.2 Å². The summed E-state index contributed by atoms with van der Waals surface area (Å²) in [5.74, 6) is 0. The summed E-state index contributed by atoms with van der Waals surface area (Å²) in [5.41, 5.74) is 4.63. The lowest BCUT2D eigenvalue weighted by molar-refractivity contribution is 1.18. The van der Waals surface area contributed by atoms with E-state index in [9.17, 15) is 0 Å². The normalized spacial score (nSPS) is 11.0. The fraction of sp³-hybridized carbons (Fsp3) is 0. The molecule has 0 unspecified atom stereocenters. The Bertz CT molecular complexity index is 870. The second-order valence-electron chi connectivity index (χ2n) is 5.13. The van der Waals surface area contributed by atoms with Crippen molar-refractivity contribution < 1.29 is 0 Å². The van der Waals surface area contributed by atoms with Crippen molar-refractivity contribution in [3.63, 3.8) is 0 Å². The Kier molecular flexibility index (Phi) is 2.85. The molecule has 0 aliphatic heterocycles. The predicted molar refractivity (Wildman–Crippen MR) is 91.9 cm³/mol. The van der Waals surface area contributed by atoms with Gasteiger partial charge in [0.15, 0.2) is 0 Å². The Balaban J connectivity index is 2.09. The molecule has 0 amide bonds. The largest absolute Gasteiger partial charge is 0.309 e. The number of rotatable bonds is 2. The first-order chi connectivity index (χ1) is 10.4.